The van der Waals surface area contributed by atoms with Gasteiger partial charge in [0.1, 0.15) is 16.9 Å². The second-order valence-electron chi connectivity index (χ2n) is 6.21. The van der Waals surface area contributed by atoms with Crippen LogP contribution in [0, 0.1) is 25.2 Å². The van der Waals surface area contributed by atoms with Crippen LogP contribution in [0.3, 0.4) is 0 Å². The number of nitriles is 1. The Morgan fingerprint density at radius 2 is 1.93 bits per heavy atom. The first kappa shape index (κ1) is 21.4. The molecule has 1 aromatic carbocycles. The third-order valence-electron chi connectivity index (χ3n) is 3.78. The normalized spacial score (nSPS) is 11.0. The van der Waals surface area contributed by atoms with Crippen molar-refractivity contribution in [3.8, 4) is 6.07 Å². The third kappa shape index (κ3) is 5.37. The highest BCUT2D eigenvalue weighted by atomic mass is 32.2. The van der Waals surface area contributed by atoms with Gasteiger partial charge in [0.05, 0.1) is 16.2 Å². The molecule has 0 radical (unpaired) electrons. The third-order valence-corrected chi connectivity index (χ3v) is 6.14. The molecular weight excluding hydrogens is 426 g/mol. The summed E-state index contributed by atoms with van der Waals surface area (Å²) in [6.07, 6.45) is 0. The number of benzene rings is 1. The molecule has 0 spiro atoms. The Balaban J connectivity index is 1.61. The van der Waals surface area contributed by atoms with Gasteiger partial charge in [-0.3, -0.25) is 9.52 Å². The number of thioether (sulfide) groups is 1. The molecule has 2 N–H and O–H groups in total. The summed E-state index contributed by atoms with van der Waals surface area (Å²) in [4.78, 5) is 16.5. The van der Waals surface area contributed by atoms with Crippen molar-refractivity contribution in [1.29, 1.82) is 5.26 Å². The predicted octanol–water partition coefficient (Wildman–Crippen LogP) is 3.09. The van der Waals surface area contributed by atoms with Crippen LogP contribution >= 0.6 is 11.8 Å². The van der Waals surface area contributed by atoms with Crippen LogP contribution < -0.4 is 10.0 Å². The van der Waals surface area contributed by atoms with E-state index < -0.39 is 10.0 Å². The fourth-order valence-corrected chi connectivity index (χ4v) is 4.19. The quantitative estimate of drug-likeness (QED) is 0.531. The number of sulfonamides is 1. The molecule has 0 unspecified atom stereocenters. The molecule has 0 bridgehead atoms. The van der Waals surface area contributed by atoms with Gasteiger partial charge in [0.15, 0.2) is 5.82 Å². The molecule has 30 heavy (non-hydrogen) atoms. The zero-order valence-corrected chi connectivity index (χ0v) is 17.7. The number of hydrogen-bond donors (Lipinski definition) is 2. The molecule has 0 aliphatic carbocycles. The van der Waals surface area contributed by atoms with Gasteiger partial charge in [-0.1, -0.05) is 16.9 Å². The molecule has 0 fully saturated rings. The molecule has 0 atom stereocenters. The first-order valence-electron chi connectivity index (χ1n) is 8.63. The van der Waals surface area contributed by atoms with E-state index in [1.807, 2.05) is 6.07 Å². The van der Waals surface area contributed by atoms with Crippen LogP contribution in [0.15, 0.2) is 56.9 Å². The maximum Gasteiger partial charge on any atom is 0.263 e. The Kier molecular flexibility index (Phi) is 6.39. The Morgan fingerprint density at radius 1 is 1.20 bits per heavy atom. The van der Waals surface area contributed by atoms with Crippen molar-refractivity contribution in [2.45, 2.75) is 23.8 Å². The summed E-state index contributed by atoms with van der Waals surface area (Å²) in [5, 5.41) is 15.9. The topological polar surface area (TPSA) is 138 Å². The van der Waals surface area contributed by atoms with Crippen molar-refractivity contribution in [2.75, 3.05) is 15.8 Å². The number of hydrogen-bond acceptors (Lipinski definition) is 8. The van der Waals surface area contributed by atoms with Gasteiger partial charge in [-0.2, -0.15) is 5.26 Å². The lowest BCUT2D eigenvalue weighted by molar-refractivity contribution is -0.113. The maximum atomic E-state index is 12.4. The number of aromatic nitrogens is 2. The number of anilines is 2. The lowest BCUT2D eigenvalue weighted by Crippen LogP contribution is -2.15. The van der Waals surface area contributed by atoms with Gasteiger partial charge in [0, 0.05) is 17.4 Å². The smallest absolute Gasteiger partial charge is 0.263 e. The van der Waals surface area contributed by atoms with E-state index in [1.165, 1.54) is 30.3 Å². The summed E-state index contributed by atoms with van der Waals surface area (Å²) >= 11 is 1.16. The molecule has 1 amide bonds. The van der Waals surface area contributed by atoms with Crippen LogP contribution in [0.2, 0.25) is 0 Å². The van der Waals surface area contributed by atoms with Crippen LogP contribution in [0.25, 0.3) is 0 Å². The second kappa shape index (κ2) is 8.98. The molecule has 0 saturated carbocycles. The van der Waals surface area contributed by atoms with E-state index >= 15 is 0 Å². The number of nitrogens with zero attached hydrogens (tertiary/aromatic N) is 3. The fraction of sp³-hybridized carbons (Fsp3) is 0.158. The molecule has 3 aromatic rings. The van der Waals surface area contributed by atoms with Crippen LogP contribution in [0.1, 0.15) is 17.0 Å². The average Bonchev–Trinajstić information content (AvgIpc) is 3.11. The first-order valence-corrected chi connectivity index (χ1v) is 11.1. The summed E-state index contributed by atoms with van der Waals surface area (Å²) in [6.45, 7) is 3.45. The minimum Gasteiger partial charge on any atom is -0.360 e. The van der Waals surface area contributed by atoms with E-state index in [1.54, 1.807) is 26.0 Å². The highest BCUT2D eigenvalue weighted by Gasteiger charge is 2.16. The van der Waals surface area contributed by atoms with Crippen LogP contribution in [-0.2, 0) is 14.8 Å². The van der Waals surface area contributed by atoms with Gasteiger partial charge in [-0.15, -0.1) is 0 Å². The zero-order chi connectivity index (χ0) is 21.7. The Hall–Kier alpha value is -3.36. The summed E-state index contributed by atoms with van der Waals surface area (Å²) in [5.41, 5.74) is 1.60. The van der Waals surface area contributed by atoms with Gasteiger partial charge in [0.25, 0.3) is 10.0 Å². The maximum absolute atomic E-state index is 12.4. The second-order valence-corrected chi connectivity index (χ2v) is 8.85. The van der Waals surface area contributed by atoms with E-state index in [4.69, 9.17) is 9.78 Å². The average molecular weight is 444 g/mol. The number of aryl methyl sites for hydroxylation is 2. The first-order chi connectivity index (χ1) is 14.3. The number of pyridine rings is 1. The van der Waals surface area contributed by atoms with E-state index in [9.17, 15) is 13.2 Å². The number of carbonyl (C=O) groups is 1. The number of amides is 1. The van der Waals surface area contributed by atoms with Crippen molar-refractivity contribution in [2.24, 2.45) is 0 Å². The largest absolute Gasteiger partial charge is 0.360 e. The monoisotopic (exact) mass is 443 g/mol. The molecule has 3 rings (SSSR count). The van der Waals surface area contributed by atoms with Crippen molar-refractivity contribution in [3.05, 3.63) is 59.5 Å². The van der Waals surface area contributed by atoms with E-state index in [0.29, 0.717) is 22.0 Å². The van der Waals surface area contributed by atoms with E-state index in [-0.39, 0.29) is 22.4 Å². The lowest BCUT2D eigenvalue weighted by atomic mass is 10.3. The van der Waals surface area contributed by atoms with Gasteiger partial charge in [-0.05, 0) is 50.2 Å². The molecule has 11 heteroatoms. The molecule has 0 aliphatic rings. The van der Waals surface area contributed by atoms with Crippen LogP contribution in [-0.4, -0.2) is 30.2 Å². The van der Waals surface area contributed by atoms with Crippen molar-refractivity contribution in [3.63, 3.8) is 0 Å². The van der Waals surface area contributed by atoms with E-state index in [2.05, 4.69) is 20.2 Å². The Bertz CT molecular complexity index is 1210. The molecule has 0 saturated heterocycles. The number of carbonyl (C=O) groups excluding carboxylic acids is 1. The van der Waals surface area contributed by atoms with Crippen molar-refractivity contribution in [1.82, 2.24) is 10.1 Å². The molecule has 2 heterocycles. The summed E-state index contributed by atoms with van der Waals surface area (Å²) in [7, 11) is -3.83. The minimum atomic E-state index is -3.83. The highest BCUT2D eigenvalue weighted by molar-refractivity contribution is 8.00. The standard InChI is InChI=1S/C19H17N5O4S2/c1-12-3-4-14(10-20)19(21-12)29-11-18(25)22-15-5-7-16(8-6-15)30(26,27)24-17-9-13(2)28-23-17/h3-9H,11H2,1-2H3,(H,22,25)(H,23,24). The van der Waals surface area contributed by atoms with Crippen molar-refractivity contribution < 1.29 is 17.7 Å². The minimum absolute atomic E-state index is 0.0122. The summed E-state index contributed by atoms with van der Waals surface area (Å²) in [5.74, 6) is 0.312. The Morgan fingerprint density at radius 3 is 2.57 bits per heavy atom. The van der Waals surface area contributed by atoms with Crippen molar-refractivity contribution >= 4 is 39.2 Å². The van der Waals surface area contributed by atoms with Gasteiger partial charge < -0.3 is 9.84 Å². The summed E-state index contributed by atoms with van der Waals surface area (Å²) < 4.78 is 31.9. The molecular formula is C19H17N5O4S2. The zero-order valence-electron chi connectivity index (χ0n) is 16.0. The highest BCUT2D eigenvalue weighted by Crippen LogP contribution is 2.22. The summed E-state index contributed by atoms with van der Waals surface area (Å²) in [6, 6.07) is 12.6. The van der Waals surface area contributed by atoms with Crippen LogP contribution in [0.5, 0.6) is 0 Å². The fourth-order valence-electron chi connectivity index (χ4n) is 2.39. The molecule has 0 aliphatic heterocycles. The van der Waals surface area contributed by atoms with E-state index in [0.717, 1.165) is 17.5 Å². The molecule has 2 aromatic heterocycles. The Labute approximate surface area is 177 Å². The van der Waals surface area contributed by atoms with Gasteiger partial charge >= 0.3 is 0 Å². The van der Waals surface area contributed by atoms with Crippen LogP contribution in [0.4, 0.5) is 11.5 Å². The van der Waals surface area contributed by atoms with Gasteiger partial charge in [0.2, 0.25) is 5.91 Å². The molecule has 154 valence electrons. The lowest BCUT2D eigenvalue weighted by Gasteiger charge is -2.08. The SMILES string of the molecule is Cc1ccc(C#N)c(SCC(=O)Nc2ccc(S(=O)(=O)Nc3cc(C)on3)cc2)n1. The predicted molar refractivity (Wildman–Crippen MR) is 112 cm³/mol. The number of nitrogens with one attached hydrogen (secondary N) is 2. The number of rotatable bonds is 7. The van der Waals surface area contributed by atoms with Gasteiger partial charge in [-0.25, -0.2) is 13.4 Å². The molecule has 9 nitrogen and oxygen atoms in total.